The van der Waals surface area contributed by atoms with Crippen LogP contribution in [0, 0.1) is 11.2 Å². The summed E-state index contributed by atoms with van der Waals surface area (Å²) >= 11 is 6.29. The largest absolute Gasteiger partial charge is 0.451 e. The lowest BCUT2D eigenvalue weighted by Gasteiger charge is -2.42. The van der Waals surface area contributed by atoms with Crippen LogP contribution >= 0.6 is 11.6 Å². The third-order valence-corrected chi connectivity index (χ3v) is 9.42. The summed E-state index contributed by atoms with van der Waals surface area (Å²) in [4.78, 5) is 27.5. The molecule has 1 saturated heterocycles. The van der Waals surface area contributed by atoms with Crippen molar-refractivity contribution in [2.24, 2.45) is 5.73 Å². The number of benzene rings is 2. The van der Waals surface area contributed by atoms with Gasteiger partial charge in [-0.15, -0.1) is 0 Å². The van der Waals surface area contributed by atoms with Crippen LogP contribution in [-0.4, -0.2) is 48.9 Å². The molecule has 1 aliphatic heterocycles. The zero-order valence-electron chi connectivity index (χ0n) is 27.3. The number of H-pyrrole nitrogens is 1. The third kappa shape index (κ3) is 7.69. The number of piperidine rings is 1. The molecule has 5 aromatic rings. The van der Waals surface area contributed by atoms with E-state index in [1.54, 1.807) is 37.6 Å². The van der Waals surface area contributed by atoms with Gasteiger partial charge < -0.3 is 20.5 Å². The molecule has 0 radical (unpaired) electrons. The number of likely N-dealkylation sites (tertiary alicyclic amines) is 1. The summed E-state index contributed by atoms with van der Waals surface area (Å²) in [6.45, 7) is 5.12. The molecule has 4 heterocycles. The molecule has 6 rings (SSSR count). The van der Waals surface area contributed by atoms with Crippen LogP contribution in [0.5, 0.6) is 0 Å². The lowest BCUT2D eigenvalue weighted by Crippen LogP contribution is -2.43. The van der Waals surface area contributed by atoms with E-state index in [2.05, 4.69) is 37.3 Å². The van der Waals surface area contributed by atoms with Crippen molar-refractivity contribution < 1.29 is 8.81 Å². The van der Waals surface area contributed by atoms with Crippen molar-refractivity contribution in [2.75, 3.05) is 6.54 Å². The van der Waals surface area contributed by atoms with Crippen LogP contribution in [-0.2, 0) is 13.0 Å². The van der Waals surface area contributed by atoms with E-state index in [4.69, 9.17) is 27.2 Å². The van der Waals surface area contributed by atoms with Gasteiger partial charge >= 0.3 is 5.69 Å². The van der Waals surface area contributed by atoms with Crippen LogP contribution in [0.1, 0.15) is 75.2 Å². The SMILES string of the molecule is CC(=N)NCC[C@@H]1CCC[C@@H](c2ccc(-n3cc4cc(-c5cc(CCC[C@H](C)N)cc(Cl)c5F)[nH]c4nc3=O)cc2)N1Cc1cocn1. The standard InChI is InChI=1S/C36H42ClFN8O2/c1-22(39)5-3-6-24-15-30(34(38)31(37)16-24)32-17-26-18-46(36(47)44-35(26)43-32)29-11-9-25(10-12-29)33-8-4-7-28(13-14-41-23(2)40)45(33)19-27-20-48-21-42-27/h9-12,15-18,20-22,28,33H,3-8,13-14,19,39H2,1-2H3,(H2,40,41)(H,43,44,47)/t22-,28-,33-/m0/s1. The second-order valence-corrected chi connectivity index (χ2v) is 13.3. The number of aryl methyl sites for hydroxylation is 1. The predicted octanol–water partition coefficient (Wildman–Crippen LogP) is 6.90. The number of rotatable bonds is 12. The lowest BCUT2D eigenvalue weighted by atomic mass is 9.89. The summed E-state index contributed by atoms with van der Waals surface area (Å²) in [6.07, 6.45) is 11.4. The molecule has 10 nitrogen and oxygen atoms in total. The number of hydrogen-bond acceptors (Lipinski definition) is 7. The second-order valence-electron chi connectivity index (χ2n) is 12.9. The molecule has 3 aromatic heterocycles. The van der Waals surface area contributed by atoms with E-state index < -0.39 is 11.5 Å². The molecule has 0 spiro atoms. The van der Waals surface area contributed by atoms with Gasteiger partial charge in [-0.1, -0.05) is 23.7 Å². The Kier molecular flexibility index (Phi) is 10.4. The number of oxazole rings is 1. The van der Waals surface area contributed by atoms with Gasteiger partial charge in [-0.25, -0.2) is 14.2 Å². The predicted molar refractivity (Wildman–Crippen MR) is 187 cm³/mol. The Morgan fingerprint density at radius 2 is 2.06 bits per heavy atom. The number of amidine groups is 1. The third-order valence-electron chi connectivity index (χ3n) is 9.15. The van der Waals surface area contributed by atoms with Crippen LogP contribution in [0.4, 0.5) is 4.39 Å². The van der Waals surface area contributed by atoms with Crippen LogP contribution in [0.15, 0.2) is 70.5 Å². The Balaban J connectivity index is 1.25. The highest BCUT2D eigenvalue weighted by atomic mass is 35.5. The minimum atomic E-state index is -0.520. The zero-order chi connectivity index (χ0) is 33.8. The van der Waals surface area contributed by atoms with Gasteiger partial charge in [0.1, 0.15) is 11.9 Å². The molecule has 2 aromatic carbocycles. The zero-order valence-corrected chi connectivity index (χ0v) is 28.1. The van der Waals surface area contributed by atoms with E-state index in [-0.39, 0.29) is 17.1 Å². The van der Waals surface area contributed by atoms with Crippen molar-refractivity contribution in [3.05, 3.63) is 99.5 Å². The number of aromatic amines is 1. The Labute approximate surface area is 284 Å². The molecule has 5 N–H and O–H groups in total. The summed E-state index contributed by atoms with van der Waals surface area (Å²) in [7, 11) is 0. The summed E-state index contributed by atoms with van der Waals surface area (Å²) < 4.78 is 22.0. The van der Waals surface area contributed by atoms with E-state index >= 15 is 4.39 Å². The Hall–Kier alpha value is -4.32. The normalized spacial score (nSPS) is 17.5. The summed E-state index contributed by atoms with van der Waals surface area (Å²) in [5.74, 6) is -0.0528. The molecule has 3 atom stereocenters. The first-order valence-corrected chi connectivity index (χ1v) is 16.9. The van der Waals surface area contributed by atoms with E-state index in [9.17, 15) is 4.79 Å². The molecule has 0 amide bonds. The second kappa shape index (κ2) is 14.8. The highest BCUT2D eigenvalue weighted by Crippen LogP contribution is 2.37. The van der Waals surface area contributed by atoms with Gasteiger partial charge in [0.2, 0.25) is 0 Å². The lowest BCUT2D eigenvalue weighted by molar-refractivity contribution is 0.0680. The maximum atomic E-state index is 15.2. The molecule has 1 aliphatic rings. The average molecular weight is 673 g/mol. The minimum Gasteiger partial charge on any atom is -0.451 e. The van der Waals surface area contributed by atoms with E-state index in [1.165, 1.54) is 11.0 Å². The van der Waals surface area contributed by atoms with Crippen molar-refractivity contribution in [1.29, 1.82) is 5.41 Å². The van der Waals surface area contributed by atoms with Gasteiger partial charge in [0.05, 0.1) is 27.9 Å². The smallest absolute Gasteiger partial charge is 0.354 e. The summed E-state index contributed by atoms with van der Waals surface area (Å²) in [6, 6.07) is 13.9. The van der Waals surface area contributed by atoms with Gasteiger partial charge in [0, 0.05) is 48.4 Å². The molecule has 0 unspecified atom stereocenters. The first-order chi connectivity index (χ1) is 23.2. The van der Waals surface area contributed by atoms with Crippen molar-refractivity contribution >= 4 is 28.5 Å². The molecular formula is C36H42ClFN8O2. The van der Waals surface area contributed by atoms with Crippen LogP contribution in [0.2, 0.25) is 5.02 Å². The van der Waals surface area contributed by atoms with Gasteiger partial charge in [-0.3, -0.25) is 14.9 Å². The van der Waals surface area contributed by atoms with Crippen LogP contribution in [0.3, 0.4) is 0 Å². The van der Waals surface area contributed by atoms with E-state index in [1.807, 2.05) is 19.1 Å². The number of aromatic nitrogens is 4. The maximum Gasteiger partial charge on any atom is 0.354 e. The van der Waals surface area contributed by atoms with Gasteiger partial charge in [0.15, 0.2) is 12.2 Å². The average Bonchev–Trinajstić information content (AvgIpc) is 3.72. The van der Waals surface area contributed by atoms with E-state index in [0.29, 0.717) is 46.4 Å². The molecule has 0 saturated carbocycles. The van der Waals surface area contributed by atoms with Crippen molar-refractivity contribution in [2.45, 2.75) is 83.5 Å². The number of fused-ring (bicyclic) bond motifs is 1. The molecule has 1 fully saturated rings. The first-order valence-electron chi connectivity index (χ1n) is 16.5. The fraction of sp³-hybridized carbons (Fsp3) is 0.389. The molecule has 252 valence electrons. The number of hydrogen-bond donors (Lipinski definition) is 4. The van der Waals surface area contributed by atoms with Crippen molar-refractivity contribution in [3.63, 3.8) is 0 Å². The first kappa shape index (κ1) is 33.6. The topological polar surface area (TPSA) is 142 Å². The number of nitrogens with zero attached hydrogens (tertiary/aromatic N) is 4. The maximum absolute atomic E-state index is 15.2. The quantitative estimate of drug-likeness (QED) is 0.0834. The Morgan fingerprint density at radius 3 is 2.79 bits per heavy atom. The minimum absolute atomic E-state index is 0.0524. The Bertz CT molecular complexity index is 1920. The molecular weight excluding hydrogens is 631 g/mol. The molecule has 12 heteroatoms. The number of halogens is 2. The highest BCUT2D eigenvalue weighted by Gasteiger charge is 2.32. The number of nitrogens with one attached hydrogen (secondary N) is 3. The van der Waals surface area contributed by atoms with Gasteiger partial charge in [0.25, 0.3) is 0 Å². The Morgan fingerprint density at radius 1 is 1.25 bits per heavy atom. The molecule has 0 bridgehead atoms. The van der Waals surface area contributed by atoms with Crippen molar-refractivity contribution in [1.82, 2.24) is 29.7 Å². The molecule has 48 heavy (non-hydrogen) atoms. The van der Waals surface area contributed by atoms with Gasteiger partial charge in [-0.05, 0) is 100 Å². The summed E-state index contributed by atoms with van der Waals surface area (Å²) in [5, 5.41) is 11.6. The van der Waals surface area contributed by atoms with E-state index in [0.717, 1.165) is 68.3 Å². The molecule has 0 aliphatic carbocycles. The van der Waals surface area contributed by atoms with Gasteiger partial charge in [-0.2, -0.15) is 4.98 Å². The van der Waals surface area contributed by atoms with Crippen LogP contribution in [0.25, 0.3) is 28.0 Å². The fourth-order valence-electron chi connectivity index (χ4n) is 6.76. The summed E-state index contributed by atoms with van der Waals surface area (Å²) in [5.41, 5.74) is 10.3. The van der Waals surface area contributed by atoms with Crippen LogP contribution < -0.4 is 16.7 Å². The van der Waals surface area contributed by atoms with Crippen molar-refractivity contribution in [3.8, 4) is 16.9 Å². The fourth-order valence-corrected chi connectivity index (χ4v) is 7.01. The highest BCUT2D eigenvalue weighted by molar-refractivity contribution is 6.31. The monoisotopic (exact) mass is 672 g/mol. The number of nitrogens with two attached hydrogens (primary N) is 1.